The number of amides is 2. The summed E-state index contributed by atoms with van der Waals surface area (Å²) in [6.45, 7) is 9.10. The molecule has 2 rings (SSSR count). The molecule has 1 atom stereocenters. The van der Waals surface area contributed by atoms with Crippen molar-refractivity contribution in [1.82, 2.24) is 10.2 Å². The third kappa shape index (κ3) is 7.37. The molecule has 0 heterocycles. The normalized spacial score (nSPS) is 11.9. The first-order valence-electron chi connectivity index (χ1n) is 10.3. The van der Waals surface area contributed by atoms with E-state index in [0.29, 0.717) is 30.5 Å². The van der Waals surface area contributed by atoms with Crippen molar-refractivity contribution >= 4 is 35.2 Å². The first kappa shape index (κ1) is 24.3. The van der Waals surface area contributed by atoms with Crippen LogP contribution in [0.4, 0.5) is 0 Å². The van der Waals surface area contributed by atoms with Crippen molar-refractivity contribution in [2.45, 2.75) is 51.6 Å². The van der Waals surface area contributed by atoms with E-state index in [1.54, 1.807) is 4.90 Å². The highest BCUT2D eigenvalue weighted by Crippen LogP contribution is 2.23. The van der Waals surface area contributed by atoms with E-state index in [1.165, 1.54) is 11.8 Å². The maximum absolute atomic E-state index is 13.2. The lowest BCUT2D eigenvalue weighted by Crippen LogP contribution is -2.50. The summed E-state index contributed by atoms with van der Waals surface area (Å²) in [4.78, 5) is 28.8. The summed E-state index contributed by atoms with van der Waals surface area (Å²) in [7, 11) is 0. The van der Waals surface area contributed by atoms with E-state index in [4.69, 9.17) is 11.6 Å². The second kappa shape index (κ2) is 12.0. The molecule has 0 spiro atoms. The Bertz CT molecular complexity index is 839. The maximum atomic E-state index is 13.2. The number of nitrogens with one attached hydrogen (secondary N) is 1. The van der Waals surface area contributed by atoms with Crippen molar-refractivity contribution in [2.24, 2.45) is 5.92 Å². The molecule has 0 aromatic heterocycles. The molecule has 0 unspecified atom stereocenters. The predicted octanol–water partition coefficient (Wildman–Crippen LogP) is 5.32. The van der Waals surface area contributed by atoms with Gasteiger partial charge in [-0.15, -0.1) is 11.8 Å². The lowest BCUT2D eigenvalue weighted by atomic mass is 10.1. The van der Waals surface area contributed by atoms with E-state index in [1.807, 2.05) is 62.4 Å². The van der Waals surface area contributed by atoms with Crippen LogP contribution in [-0.4, -0.2) is 35.1 Å². The zero-order valence-electron chi connectivity index (χ0n) is 18.2. The van der Waals surface area contributed by atoms with Crippen molar-refractivity contribution < 1.29 is 9.59 Å². The first-order chi connectivity index (χ1) is 14.3. The van der Waals surface area contributed by atoms with Crippen LogP contribution in [0.5, 0.6) is 0 Å². The number of carbonyl (C=O) groups excluding carboxylic acids is 2. The van der Waals surface area contributed by atoms with E-state index < -0.39 is 6.04 Å². The molecule has 0 aliphatic heterocycles. The third-order valence-electron chi connectivity index (χ3n) is 4.85. The van der Waals surface area contributed by atoms with E-state index in [2.05, 4.69) is 19.2 Å². The third-order valence-corrected chi connectivity index (χ3v) is 6.10. The Morgan fingerprint density at radius 1 is 1.10 bits per heavy atom. The Hall–Kier alpha value is -1.98. The topological polar surface area (TPSA) is 49.4 Å². The van der Waals surface area contributed by atoms with Gasteiger partial charge in [-0.1, -0.05) is 56.6 Å². The molecule has 0 bridgehead atoms. The molecule has 2 amide bonds. The number of thioether (sulfide) groups is 1. The van der Waals surface area contributed by atoms with Gasteiger partial charge >= 0.3 is 0 Å². The van der Waals surface area contributed by atoms with E-state index >= 15 is 0 Å². The van der Waals surface area contributed by atoms with Crippen LogP contribution < -0.4 is 5.32 Å². The summed E-state index contributed by atoms with van der Waals surface area (Å²) >= 11 is 7.40. The van der Waals surface area contributed by atoms with E-state index in [0.717, 1.165) is 16.0 Å². The van der Waals surface area contributed by atoms with Gasteiger partial charge in [0.15, 0.2) is 0 Å². The van der Waals surface area contributed by atoms with Crippen LogP contribution in [0, 0.1) is 12.8 Å². The fourth-order valence-electron chi connectivity index (χ4n) is 3.07. The number of rotatable bonds is 10. The van der Waals surface area contributed by atoms with Crippen molar-refractivity contribution in [1.29, 1.82) is 0 Å². The van der Waals surface area contributed by atoms with Crippen LogP contribution in [0.15, 0.2) is 53.4 Å². The highest BCUT2D eigenvalue weighted by atomic mass is 35.5. The fraction of sp³-hybridized carbons (Fsp3) is 0.417. The Morgan fingerprint density at radius 3 is 2.37 bits per heavy atom. The zero-order valence-corrected chi connectivity index (χ0v) is 19.7. The molecule has 0 aliphatic carbocycles. The highest BCUT2D eigenvalue weighted by molar-refractivity contribution is 8.00. The predicted molar refractivity (Wildman–Crippen MR) is 126 cm³/mol. The molecule has 2 aromatic carbocycles. The summed E-state index contributed by atoms with van der Waals surface area (Å²) < 4.78 is 0. The summed E-state index contributed by atoms with van der Waals surface area (Å²) in [5.41, 5.74) is 2.16. The van der Waals surface area contributed by atoms with Crippen molar-refractivity contribution in [2.75, 3.05) is 12.3 Å². The molecule has 0 saturated heterocycles. The Labute approximate surface area is 189 Å². The van der Waals surface area contributed by atoms with Gasteiger partial charge in [0.05, 0.1) is 5.75 Å². The first-order valence-corrected chi connectivity index (χ1v) is 11.7. The number of hydrogen-bond donors (Lipinski definition) is 1. The number of carbonyl (C=O) groups is 2. The number of hydrogen-bond acceptors (Lipinski definition) is 3. The minimum Gasteiger partial charge on any atom is -0.354 e. The van der Waals surface area contributed by atoms with Crippen molar-refractivity contribution in [3.05, 3.63) is 64.7 Å². The molecule has 30 heavy (non-hydrogen) atoms. The second-order valence-corrected chi connectivity index (χ2v) is 9.24. The smallest absolute Gasteiger partial charge is 0.242 e. The maximum Gasteiger partial charge on any atom is 0.242 e. The number of benzene rings is 2. The Kier molecular flexibility index (Phi) is 9.73. The zero-order chi connectivity index (χ0) is 22.1. The molecule has 0 aliphatic rings. The molecule has 0 radical (unpaired) electrons. The molecule has 0 fully saturated rings. The van der Waals surface area contributed by atoms with E-state index in [9.17, 15) is 9.59 Å². The van der Waals surface area contributed by atoms with Gasteiger partial charge in [0.1, 0.15) is 6.04 Å². The molecule has 162 valence electrons. The average molecular weight is 447 g/mol. The van der Waals surface area contributed by atoms with Gasteiger partial charge in [-0.05, 0) is 54.7 Å². The van der Waals surface area contributed by atoms with Crippen molar-refractivity contribution in [3.63, 3.8) is 0 Å². The van der Waals surface area contributed by atoms with Gasteiger partial charge in [0.2, 0.25) is 11.8 Å². The number of aryl methyl sites for hydroxylation is 1. The van der Waals surface area contributed by atoms with Gasteiger partial charge in [-0.25, -0.2) is 0 Å². The monoisotopic (exact) mass is 446 g/mol. The van der Waals surface area contributed by atoms with Crippen molar-refractivity contribution in [3.8, 4) is 0 Å². The highest BCUT2D eigenvalue weighted by Gasteiger charge is 2.28. The van der Waals surface area contributed by atoms with Crippen LogP contribution >= 0.6 is 23.4 Å². The summed E-state index contributed by atoms with van der Waals surface area (Å²) in [6, 6.07) is 14.9. The summed E-state index contributed by atoms with van der Waals surface area (Å²) in [6.07, 6.45) is 0.563. The molecular weight excluding hydrogens is 416 g/mol. The quantitative estimate of drug-likeness (QED) is 0.502. The molecule has 1 N–H and O–H groups in total. The molecule has 2 aromatic rings. The minimum absolute atomic E-state index is 0.0512. The van der Waals surface area contributed by atoms with Gasteiger partial charge in [0, 0.05) is 23.0 Å². The molecule has 4 nitrogen and oxygen atoms in total. The summed E-state index contributed by atoms with van der Waals surface area (Å²) in [5, 5.41) is 3.66. The van der Waals surface area contributed by atoms with Gasteiger partial charge in [-0.2, -0.15) is 0 Å². The molecule has 6 heteroatoms. The fourth-order valence-corrected chi connectivity index (χ4v) is 3.98. The molecular formula is C24H31ClN2O2S. The average Bonchev–Trinajstić information content (AvgIpc) is 2.72. The lowest BCUT2D eigenvalue weighted by Gasteiger charge is -2.31. The summed E-state index contributed by atoms with van der Waals surface area (Å²) in [5.74, 6) is 0.475. The number of halogens is 1. The minimum atomic E-state index is -0.498. The van der Waals surface area contributed by atoms with E-state index in [-0.39, 0.29) is 17.6 Å². The van der Waals surface area contributed by atoms with Crippen LogP contribution in [0.25, 0.3) is 0 Å². The molecule has 0 saturated carbocycles. The Morgan fingerprint density at radius 2 is 1.77 bits per heavy atom. The van der Waals surface area contributed by atoms with Crippen LogP contribution in [0.3, 0.4) is 0 Å². The number of nitrogens with zero attached hydrogens (tertiary/aromatic N) is 1. The van der Waals surface area contributed by atoms with Gasteiger partial charge in [0.25, 0.3) is 0 Å². The second-order valence-electron chi connectivity index (χ2n) is 7.75. The van der Waals surface area contributed by atoms with Gasteiger partial charge in [-0.3, -0.25) is 9.59 Å². The SMILES string of the molecule is CC[C@@H](C(=O)NCC(C)C)N(Cc1ccccc1C)C(=O)CSc1ccc(Cl)cc1. The van der Waals surface area contributed by atoms with Crippen LogP contribution in [0.1, 0.15) is 38.3 Å². The Balaban J connectivity index is 2.19. The standard InChI is InChI=1S/C24H31ClN2O2S/c1-5-22(24(29)26-14-17(2)3)27(15-19-9-7-6-8-18(19)4)23(28)16-30-21-12-10-20(25)11-13-21/h6-13,17,22H,5,14-16H2,1-4H3,(H,26,29)/t22-/m0/s1. The largest absolute Gasteiger partial charge is 0.354 e. The van der Waals surface area contributed by atoms with Crippen LogP contribution in [-0.2, 0) is 16.1 Å². The lowest BCUT2D eigenvalue weighted by molar-refractivity contribution is -0.139. The van der Waals surface area contributed by atoms with Gasteiger partial charge < -0.3 is 10.2 Å². The van der Waals surface area contributed by atoms with Crippen LogP contribution in [0.2, 0.25) is 5.02 Å².